The number of H-pyrrole nitrogens is 3. The van der Waals surface area contributed by atoms with E-state index < -0.39 is 17.3 Å². The van der Waals surface area contributed by atoms with Crippen LogP contribution in [0.15, 0.2) is 23.1 Å². The smallest absolute Gasteiger partial charge is 0.418 e. The largest absolute Gasteiger partial charge is 0.491 e. The third kappa shape index (κ3) is 3.78. The Morgan fingerprint density at radius 1 is 1.11 bits per heavy atom. The normalized spacial score (nSPS) is 17.9. The number of aromatic amines is 3. The van der Waals surface area contributed by atoms with E-state index in [-0.39, 0.29) is 33.9 Å². The predicted molar refractivity (Wildman–Crippen MR) is 132 cm³/mol. The lowest BCUT2D eigenvalue weighted by atomic mass is 9.88. The summed E-state index contributed by atoms with van der Waals surface area (Å²) in [6.45, 7) is 4.35. The summed E-state index contributed by atoms with van der Waals surface area (Å²) in [4.78, 5) is 28.6. The SMILES string of the molecule is CCOc1c(C2CCN(C)CC2)ccc2[nH]c(-c3c(=O)[nH]cc4c(C(F)(F)F)c(C5CC5)[nH]c34)nc12. The third-order valence-electron chi connectivity index (χ3n) is 7.48. The molecule has 1 saturated heterocycles. The highest BCUT2D eigenvalue weighted by Crippen LogP contribution is 2.49. The Hall–Kier alpha value is -3.27. The fourth-order valence-electron chi connectivity index (χ4n) is 5.53. The van der Waals surface area contributed by atoms with Gasteiger partial charge in [-0.3, -0.25) is 4.79 Å². The molecule has 2 fully saturated rings. The number of piperidine rings is 1. The second kappa shape index (κ2) is 8.40. The van der Waals surface area contributed by atoms with Crippen LogP contribution in [0.2, 0.25) is 0 Å². The first-order valence-electron chi connectivity index (χ1n) is 12.4. The van der Waals surface area contributed by atoms with Gasteiger partial charge in [0.2, 0.25) is 0 Å². The van der Waals surface area contributed by atoms with Crippen molar-refractivity contribution in [3.8, 4) is 17.1 Å². The standard InChI is InChI=1S/C26H28F3N5O2/c1-3-36-23-15(13-8-10-34(2)11-9-13)6-7-17-22(23)33-24(31-17)18-21-16(12-30-25(18)35)19(26(27,28)29)20(32-21)14-4-5-14/h6-7,12-14,32H,3-5,8-11H2,1-2H3,(H,30,35)(H,31,33). The van der Waals surface area contributed by atoms with Crippen LogP contribution >= 0.6 is 0 Å². The van der Waals surface area contributed by atoms with E-state index in [4.69, 9.17) is 9.72 Å². The molecular weight excluding hydrogens is 471 g/mol. The fourth-order valence-corrected chi connectivity index (χ4v) is 5.53. The van der Waals surface area contributed by atoms with Gasteiger partial charge in [0.25, 0.3) is 5.56 Å². The van der Waals surface area contributed by atoms with Crippen molar-refractivity contribution in [1.82, 2.24) is 24.8 Å². The number of nitrogens with zero attached hydrogens (tertiary/aromatic N) is 2. The molecular formula is C26H28F3N5O2. The number of halogens is 3. The summed E-state index contributed by atoms with van der Waals surface area (Å²) in [5.74, 6) is 1.06. The van der Waals surface area contributed by atoms with Gasteiger partial charge in [0.15, 0.2) is 5.75 Å². The molecule has 0 unspecified atom stereocenters. The minimum Gasteiger partial charge on any atom is -0.491 e. The Bertz CT molecular complexity index is 1500. The fraction of sp³-hybridized carbons (Fsp3) is 0.462. The van der Waals surface area contributed by atoms with Crippen LogP contribution in [0.25, 0.3) is 33.3 Å². The summed E-state index contributed by atoms with van der Waals surface area (Å²) in [5, 5.41) is -0.0449. The molecule has 1 aromatic carbocycles. The lowest BCUT2D eigenvalue weighted by Gasteiger charge is -2.30. The topological polar surface area (TPSA) is 89.8 Å². The number of pyridine rings is 1. The molecule has 0 radical (unpaired) electrons. The molecule has 2 aliphatic rings. The van der Waals surface area contributed by atoms with E-state index in [0.29, 0.717) is 42.1 Å². The first kappa shape index (κ1) is 23.1. The van der Waals surface area contributed by atoms with Gasteiger partial charge in [0.05, 0.1) is 23.2 Å². The van der Waals surface area contributed by atoms with Crippen LogP contribution in [0.4, 0.5) is 13.2 Å². The number of hydrogen-bond donors (Lipinski definition) is 3. The summed E-state index contributed by atoms with van der Waals surface area (Å²) >= 11 is 0. The monoisotopic (exact) mass is 499 g/mol. The highest BCUT2D eigenvalue weighted by molar-refractivity contribution is 5.97. The van der Waals surface area contributed by atoms with Gasteiger partial charge in [0, 0.05) is 17.3 Å². The molecule has 4 aromatic rings. The molecule has 3 aromatic heterocycles. The number of likely N-dealkylation sites (tertiary alicyclic amines) is 1. The van der Waals surface area contributed by atoms with Gasteiger partial charge in [-0.25, -0.2) is 4.98 Å². The summed E-state index contributed by atoms with van der Waals surface area (Å²) in [6.07, 6.45) is 0.0159. The molecule has 4 heterocycles. The van der Waals surface area contributed by atoms with Crippen LogP contribution in [-0.4, -0.2) is 51.6 Å². The first-order chi connectivity index (χ1) is 17.3. The highest BCUT2D eigenvalue weighted by atomic mass is 19.4. The highest BCUT2D eigenvalue weighted by Gasteiger charge is 2.42. The van der Waals surface area contributed by atoms with Gasteiger partial charge in [-0.1, -0.05) is 6.07 Å². The number of fused-ring (bicyclic) bond motifs is 2. The number of imidazole rings is 1. The quantitative estimate of drug-likeness (QED) is 0.338. The first-order valence-corrected chi connectivity index (χ1v) is 12.4. The van der Waals surface area contributed by atoms with Crippen molar-refractivity contribution < 1.29 is 17.9 Å². The minimum atomic E-state index is -4.54. The minimum absolute atomic E-state index is 0.0449. The summed E-state index contributed by atoms with van der Waals surface area (Å²) in [6, 6.07) is 3.96. The van der Waals surface area contributed by atoms with E-state index in [2.05, 4.69) is 26.9 Å². The molecule has 36 heavy (non-hydrogen) atoms. The zero-order valence-corrected chi connectivity index (χ0v) is 20.2. The zero-order valence-electron chi connectivity index (χ0n) is 20.2. The molecule has 1 aliphatic heterocycles. The Balaban J connectivity index is 1.53. The van der Waals surface area contributed by atoms with Crippen LogP contribution in [0.3, 0.4) is 0 Å². The molecule has 0 spiro atoms. The maximum absolute atomic E-state index is 14.0. The van der Waals surface area contributed by atoms with Crippen molar-refractivity contribution in [1.29, 1.82) is 0 Å². The van der Waals surface area contributed by atoms with Crippen LogP contribution < -0.4 is 10.3 Å². The van der Waals surface area contributed by atoms with E-state index in [0.717, 1.165) is 37.7 Å². The number of aromatic nitrogens is 4. The third-order valence-corrected chi connectivity index (χ3v) is 7.48. The van der Waals surface area contributed by atoms with Gasteiger partial charge < -0.3 is 24.6 Å². The van der Waals surface area contributed by atoms with Crippen LogP contribution in [-0.2, 0) is 6.18 Å². The van der Waals surface area contributed by atoms with Crippen LogP contribution in [0.5, 0.6) is 5.75 Å². The zero-order chi connectivity index (χ0) is 25.2. The second-order valence-corrected chi connectivity index (χ2v) is 9.94. The Morgan fingerprint density at radius 2 is 1.86 bits per heavy atom. The molecule has 3 N–H and O–H groups in total. The molecule has 1 saturated carbocycles. The molecule has 190 valence electrons. The van der Waals surface area contributed by atoms with Gasteiger partial charge in [0.1, 0.15) is 16.9 Å². The molecule has 10 heteroatoms. The molecule has 6 rings (SSSR count). The van der Waals surface area contributed by atoms with Crippen molar-refractivity contribution in [3.05, 3.63) is 45.5 Å². The number of hydrogen-bond acceptors (Lipinski definition) is 4. The van der Waals surface area contributed by atoms with Gasteiger partial charge in [-0.15, -0.1) is 0 Å². The van der Waals surface area contributed by atoms with Crippen molar-refractivity contribution in [3.63, 3.8) is 0 Å². The number of alkyl halides is 3. The van der Waals surface area contributed by atoms with E-state index in [9.17, 15) is 18.0 Å². The van der Waals surface area contributed by atoms with Crippen molar-refractivity contribution >= 4 is 21.9 Å². The Labute approximate surface area is 205 Å². The van der Waals surface area contributed by atoms with E-state index in [1.54, 1.807) is 0 Å². The van der Waals surface area contributed by atoms with Crippen molar-refractivity contribution in [2.75, 3.05) is 26.7 Å². The molecule has 1 aliphatic carbocycles. The van der Waals surface area contributed by atoms with Crippen LogP contribution in [0, 0.1) is 0 Å². The molecule has 0 atom stereocenters. The Morgan fingerprint density at radius 3 is 2.53 bits per heavy atom. The molecule has 0 amide bonds. The summed E-state index contributed by atoms with van der Waals surface area (Å²) < 4.78 is 48.2. The molecule has 7 nitrogen and oxygen atoms in total. The number of rotatable bonds is 5. The summed E-state index contributed by atoms with van der Waals surface area (Å²) in [5.41, 5.74) is 1.51. The number of ether oxygens (including phenoxy) is 1. The maximum Gasteiger partial charge on any atom is 0.418 e. The number of benzene rings is 1. The average Bonchev–Trinajstić information content (AvgIpc) is 3.46. The van der Waals surface area contributed by atoms with Crippen molar-refractivity contribution in [2.24, 2.45) is 0 Å². The molecule has 0 bridgehead atoms. The predicted octanol–water partition coefficient (Wildman–Crippen LogP) is 5.50. The Kier molecular flexibility index (Phi) is 5.40. The maximum atomic E-state index is 14.0. The van der Waals surface area contributed by atoms with E-state index in [1.807, 2.05) is 19.1 Å². The lowest BCUT2D eigenvalue weighted by Crippen LogP contribution is -2.29. The lowest BCUT2D eigenvalue weighted by molar-refractivity contribution is -0.136. The van der Waals surface area contributed by atoms with Crippen LogP contribution in [0.1, 0.15) is 61.3 Å². The van der Waals surface area contributed by atoms with E-state index >= 15 is 0 Å². The second-order valence-electron chi connectivity index (χ2n) is 9.94. The van der Waals surface area contributed by atoms with Gasteiger partial charge in [-0.2, -0.15) is 13.2 Å². The van der Waals surface area contributed by atoms with Gasteiger partial charge in [-0.05, 0) is 76.2 Å². The van der Waals surface area contributed by atoms with Gasteiger partial charge >= 0.3 is 6.18 Å². The average molecular weight is 500 g/mol. The van der Waals surface area contributed by atoms with Crippen molar-refractivity contribution in [2.45, 2.75) is 50.6 Å². The van der Waals surface area contributed by atoms with E-state index in [1.165, 1.54) is 0 Å². The number of nitrogens with one attached hydrogen (secondary N) is 3. The summed E-state index contributed by atoms with van der Waals surface area (Å²) in [7, 11) is 2.11.